The lowest BCUT2D eigenvalue weighted by molar-refractivity contribution is 0.105. The average Bonchev–Trinajstić information content (AvgIpc) is 2.84. The highest BCUT2D eigenvalue weighted by molar-refractivity contribution is 7.18. The molecule has 5 heteroatoms. The van der Waals surface area contributed by atoms with E-state index in [2.05, 4.69) is 16.9 Å². The molecule has 3 rings (SSSR count). The Morgan fingerprint density at radius 2 is 2.38 bits per heavy atom. The summed E-state index contributed by atoms with van der Waals surface area (Å²) in [6, 6.07) is 2.04. The maximum absolute atomic E-state index is 5.94. The monoisotopic (exact) mass is 235 g/mol. The van der Waals surface area contributed by atoms with E-state index in [1.807, 2.05) is 6.07 Å². The molecule has 0 saturated carbocycles. The van der Waals surface area contributed by atoms with Crippen LogP contribution in [0.3, 0.4) is 0 Å². The van der Waals surface area contributed by atoms with Crippen LogP contribution in [0, 0.1) is 6.92 Å². The molecule has 2 aromatic heterocycles. The largest absolute Gasteiger partial charge is 0.383 e. The summed E-state index contributed by atoms with van der Waals surface area (Å²) in [5, 5.41) is 0.962. The second kappa shape index (κ2) is 3.68. The molecule has 1 aliphatic rings. The third kappa shape index (κ3) is 1.56. The van der Waals surface area contributed by atoms with Gasteiger partial charge in [0.15, 0.2) is 5.82 Å². The van der Waals surface area contributed by atoms with Gasteiger partial charge in [-0.1, -0.05) is 0 Å². The Hall–Kier alpha value is -1.20. The van der Waals surface area contributed by atoms with Crippen molar-refractivity contribution >= 4 is 27.4 Å². The zero-order valence-corrected chi connectivity index (χ0v) is 9.88. The standard InChI is InChI=1S/C11H13N3OS/c1-6-5-7-9(12)13-10(14-11(7)16-6)8-3-2-4-15-8/h5,8H,2-4H2,1H3,(H2,12,13,14). The predicted octanol–water partition coefficient (Wildman–Crippen LogP) is 2.43. The molecule has 1 atom stereocenters. The van der Waals surface area contributed by atoms with Gasteiger partial charge >= 0.3 is 0 Å². The van der Waals surface area contributed by atoms with Gasteiger partial charge in [-0.05, 0) is 25.8 Å². The molecule has 0 bridgehead atoms. The van der Waals surface area contributed by atoms with Crippen molar-refractivity contribution in [1.82, 2.24) is 9.97 Å². The lowest BCUT2D eigenvalue weighted by atomic mass is 10.2. The number of hydrogen-bond acceptors (Lipinski definition) is 5. The molecule has 0 amide bonds. The number of aryl methyl sites for hydroxylation is 1. The smallest absolute Gasteiger partial charge is 0.161 e. The van der Waals surface area contributed by atoms with Gasteiger partial charge in [-0.15, -0.1) is 11.3 Å². The van der Waals surface area contributed by atoms with Gasteiger partial charge < -0.3 is 10.5 Å². The van der Waals surface area contributed by atoms with Crippen molar-refractivity contribution < 1.29 is 4.74 Å². The lowest BCUT2D eigenvalue weighted by Crippen LogP contribution is -2.05. The number of nitrogens with zero attached hydrogens (tertiary/aromatic N) is 2. The number of thiophene rings is 1. The Labute approximate surface area is 97.5 Å². The fourth-order valence-corrected chi connectivity index (χ4v) is 2.90. The van der Waals surface area contributed by atoms with Crippen LogP contribution in [-0.4, -0.2) is 16.6 Å². The number of ether oxygens (including phenoxy) is 1. The first kappa shape index (κ1) is 9.99. The topological polar surface area (TPSA) is 61.0 Å². The molecule has 1 unspecified atom stereocenters. The molecule has 3 heterocycles. The van der Waals surface area contributed by atoms with E-state index < -0.39 is 0 Å². The normalized spacial score (nSPS) is 20.7. The van der Waals surface area contributed by atoms with Crippen LogP contribution in [0.25, 0.3) is 10.2 Å². The quantitative estimate of drug-likeness (QED) is 0.824. The minimum atomic E-state index is 0.0362. The predicted molar refractivity (Wildman–Crippen MR) is 64.5 cm³/mol. The van der Waals surface area contributed by atoms with Crippen LogP contribution in [0.2, 0.25) is 0 Å². The Morgan fingerprint density at radius 1 is 1.50 bits per heavy atom. The van der Waals surface area contributed by atoms with Crippen LogP contribution < -0.4 is 5.73 Å². The van der Waals surface area contributed by atoms with Gasteiger partial charge in [0.2, 0.25) is 0 Å². The Morgan fingerprint density at radius 3 is 3.12 bits per heavy atom. The molecule has 1 aliphatic heterocycles. The van der Waals surface area contributed by atoms with Gasteiger partial charge in [-0.2, -0.15) is 0 Å². The lowest BCUT2D eigenvalue weighted by Gasteiger charge is -2.08. The molecule has 2 aromatic rings. The van der Waals surface area contributed by atoms with Gasteiger partial charge in [0.05, 0.1) is 5.39 Å². The van der Waals surface area contributed by atoms with Crippen molar-refractivity contribution in [2.45, 2.75) is 25.9 Å². The van der Waals surface area contributed by atoms with Crippen LogP contribution in [0.4, 0.5) is 5.82 Å². The molecule has 0 radical (unpaired) electrons. The molecule has 4 nitrogen and oxygen atoms in total. The van der Waals surface area contributed by atoms with Gasteiger partial charge in [0, 0.05) is 11.5 Å². The number of rotatable bonds is 1. The first-order chi connectivity index (χ1) is 7.74. The summed E-state index contributed by atoms with van der Waals surface area (Å²) in [5.41, 5.74) is 5.94. The van der Waals surface area contributed by atoms with Crippen LogP contribution in [-0.2, 0) is 4.74 Å². The molecule has 16 heavy (non-hydrogen) atoms. The number of fused-ring (bicyclic) bond motifs is 1. The van der Waals surface area contributed by atoms with Crippen LogP contribution in [0.15, 0.2) is 6.07 Å². The van der Waals surface area contributed by atoms with Crippen LogP contribution >= 0.6 is 11.3 Å². The van der Waals surface area contributed by atoms with Gasteiger partial charge in [-0.3, -0.25) is 0 Å². The van der Waals surface area contributed by atoms with Crippen LogP contribution in [0.1, 0.15) is 29.6 Å². The zero-order valence-electron chi connectivity index (χ0n) is 9.06. The van der Waals surface area contributed by atoms with Crippen molar-refractivity contribution in [1.29, 1.82) is 0 Å². The van der Waals surface area contributed by atoms with E-state index in [1.54, 1.807) is 11.3 Å². The number of anilines is 1. The van der Waals surface area contributed by atoms with Gasteiger partial charge in [-0.25, -0.2) is 9.97 Å². The Balaban J connectivity index is 2.12. The molecule has 2 N–H and O–H groups in total. The number of aromatic nitrogens is 2. The molecule has 1 fully saturated rings. The second-order valence-corrected chi connectivity index (χ2v) is 5.28. The summed E-state index contributed by atoms with van der Waals surface area (Å²) in [4.78, 5) is 11.1. The van der Waals surface area contributed by atoms with E-state index in [0.29, 0.717) is 5.82 Å². The average molecular weight is 235 g/mol. The van der Waals surface area contributed by atoms with Crippen molar-refractivity contribution in [3.05, 3.63) is 16.8 Å². The molecular weight excluding hydrogens is 222 g/mol. The second-order valence-electron chi connectivity index (χ2n) is 4.04. The fourth-order valence-electron chi connectivity index (χ4n) is 2.01. The Kier molecular flexibility index (Phi) is 2.29. The summed E-state index contributed by atoms with van der Waals surface area (Å²) >= 11 is 1.65. The minimum absolute atomic E-state index is 0.0362. The molecular formula is C11H13N3OS. The number of nitrogen functional groups attached to an aromatic ring is 1. The summed E-state index contributed by atoms with van der Waals surface area (Å²) in [6.45, 7) is 2.85. The number of hydrogen-bond donors (Lipinski definition) is 1. The maximum atomic E-state index is 5.94. The van der Waals surface area contributed by atoms with Crippen LogP contribution in [0.5, 0.6) is 0 Å². The van der Waals surface area contributed by atoms with Crippen molar-refractivity contribution in [3.63, 3.8) is 0 Å². The SMILES string of the molecule is Cc1cc2c(N)nc(C3CCCO3)nc2s1. The zero-order chi connectivity index (χ0) is 11.1. The molecule has 1 saturated heterocycles. The maximum Gasteiger partial charge on any atom is 0.161 e. The van der Waals surface area contributed by atoms with E-state index in [4.69, 9.17) is 10.5 Å². The summed E-state index contributed by atoms with van der Waals surface area (Å²) in [5.74, 6) is 1.31. The molecule has 0 aromatic carbocycles. The van der Waals surface area contributed by atoms with E-state index in [9.17, 15) is 0 Å². The van der Waals surface area contributed by atoms with E-state index in [0.717, 1.165) is 35.5 Å². The third-order valence-electron chi connectivity index (χ3n) is 2.78. The van der Waals surface area contributed by atoms with Gasteiger partial charge in [0.1, 0.15) is 16.8 Å². The van der Waals surface area contributed by atoms with Gasteiger partial charge in [0.25, 0.3) is 0 Å². The fraction of sp³-hybridized carbons (Fsp3) is 0.455. The first-order valence-electron chi connectivity index (χ1n) is 5.39. The highest BCUT2D eigenvalue weighted by Gasteiger charge is 2.22. The summed E-state index contributed by atoms with van der Waals surface area (Å²) in [7, 11) is 0. The van der Waals surface area contributed by atoms with Crippen molar-refractivity contribution in [2.75, 3.05) is 12.3 Å². The minimum Gasteiger partial charge on any atom is -0.383 e. The first-order valence-corrected chi connectivity index (χ1v) is 6.21. The molecule has 0 spiro atoms. The molecule has 84 valence electrons. The Bertz CT molecular complexity index is 531. The highest BCUT2D eigenvalue weighted by Crippen LogP contribution is 2.31. The molecule has 0 aliphatic carbocycles. The van der Waals surface area contributed by atoms with E-state index >= 15 is 0 Å². The summed E-state index contributed by atoms with van der Waals surface area (Å²) in [6.07, 6.45) is 2.11. The summed E-state index contributed by atoms with van der Waals surface area (Å²) < 4.78 is 5.57. The van der Waals surface area contributed by atoms with Crippen molar-refractivity contribution in [2.24, 2.45) is 0 Å². The highest BCUT2D eigenvalue weighted by atomic mass is 32.1. The van der Waals surface area contributed by atoms with E-state index in [-0.39, 0.29) is 6.10 Å². The van der Waals surface area contributed by atoms with E-state index in [1.165, 1.54) is 4.88 Å². The third-order valence-corrected chi connectivity index (χ3v) is 3.72. The number of nitrogens with two attached hydrogens (primary N) is 1. The van der Waals surface area contributed by atoms with Crippen molar-refractivity contribution in [3.8, 4) is 0 Å².